The maximum atomic E-state index is 13.8. The molecule has 4 aromatic rings. The van der Waals surface area contributed by atoms with Gasteiger partial charge < -0.3 is 10.6 Å². The largest absolute Gasteiger partial charge is 0.325 e. The van der Waals surface area contributed by atoms with E-state index in [4.69, 9.17) is 11.6 Å². The summed E-state index contributed by atoms with van der Waals surface area (Å²) in [6.07, 6.45) is 0.295. The number of anilines is 2. The van der Waals surface area contributed by atoms with Crippen LogP contribution in [0.4, 0.5) is 11.4 Å². The van der Waals surface area contributed by atoms with Crippen LogP contribution in [0.15, 0.2) is 71.5 Å². The lowest BCUT2D eigenvalue weighted by Gasteiger charge is -2.20. The smallest absolute Gasteiger partial charge is 0.278 e. The van der Waals surface area contributed by atoms with Crippen LogP contribution in [0, 0.1) is 6.92 Å². The third-order valence-corrected chi connectivity index (χ3v) is 6.03. The van der Waals surface area contributed by atoms with Crippen molar-refractivity contribution in [2.45, 2.75) is 33.2 Å². The minimum atomic E-state index is -0.857. The molecule has 1 heterocycles. The fourth-order valence-corrected chi connectivity index (χ4v) is 4.01. The average molecular weight is 489 g/mol. The molecule has 0 fully saturated rings. The van der Waals surface area contributed by atoms with Crippen molar-refractivity contribution in [1.82, 2.24) is 9.55 Å². The van der Waals surface area contributed by atoms with Gasteiger partial charge in [0.1, 0.15) is 11.7 Å². The summed E-state index contributed by atoms with van der Waals surface area (Å²) in [6.45, 7) is 5.28. The Morgan fingerprint density at radius 3 is 2.49 bits per heavy atom. The van der Waals surface area contributed by atoms with Crippen molar-refractivity contribution < 1.29 is 9.59 Å². The van der Waals surface area contributed by atoms with Crippen molar-refractivity contribution in [3.8, 4) is 11.3 Å². The first-order chi connectivity index (χ1) is 16.8. The van der Waals surface area contributed by atoms with Crippen LogP contribution in [0.1, 0.15) is 31.9 Å². The summed E-state index contributed by atoms with van der Waals surface area (Å²) < 4.78 is 1.44. The topological polar surface area (TPSA) is 93.1 Å². The quantitative estimate of drug-likeness (QED) is 0.371. The second-order valence-electron chi connectivity index (χ2n) is 8.20. The summed E-state index contributed by atoms with van der Waals surface area (Å²) in [6, 6.07) is 18.5. The minimum absolute atomic E-state index is 0.147. The van der Waals surface area contributed by atoms with Gasteiger partial charge in [-0.1, -0.05) is 54.9 Å². The van der Waals surface area contributed by atoms with Crippen molar-refractivity contribution in [2.75, 3.05) is 10.6 Å². The van der Waals surface area contributed by atoms with Crippen LogP contribution in [0.3, 0.4) is 0 Å². The van der Waals surface area contributed by atoms with Gasteiger partial charge in [0, 0.05) is 22.7 Å². The summed E-state index contributed by atoms with van der Waals surface area (Å²) >= 11 is 6.11. The highest BCUT2D eigenvalue weighted by Crippen LogP contribution is 2.27. The van der Waals surface area contributed by atoms with Gasteiger partial charge in [0.25, 0.3) is 5.56 Å². The standard InChI is InChI=1S/C27H25ClN4O3/c1-4-24(33)29-20-10-6-5-9-19(20)25-27(35)32(23-12-8-7-11-21(23)30-25)17(3)26(34)31-22-15-18(28)14-13-16(22)2/h5-15,17H,4H2,1-3H3,(H,29,33)(H,31,34)/t17-/m0/s1. The molecule has 1 atom stereocenters. The van der Waals surface area contributed by atoms with Gasteiger partial charge in [-0.15, -0.1) is 0 Å². The molecule has 178 valence electrons. The van der Waals surface area contributed by atoms with Crippen LogP contribution in [-0.4, -0.2) is 21.4 Å². The molecule has 0 bridgehead atoms. The molecule has 35 heavy (non-hydrogen) atoms. The zero-order chi connectivity index (χ0) is 25.1. The normalized spacial score (nSPS) is 11.8. The van der Waals surface area contributed by atoms with Crippen molar-refractivity contribution in [2.24, 2.45) is 0 Å². The van der Waals surface area contributed by atoms with Crippen molar-refractivity contribution in [3.63, 3.8) is 0 Å². The predicted molar refractivity (Wildman–Crippen MR) is 140 cm³/mol. The molecule has 0 aliphatic heterocycles. The Balaban J connectivity index is 1.85. The Labute approximate surface area is 207 Å². The first-order valence-electron chi connectivity index (χ1n) is 11.3. The van der Waals surface area contributed by atoms with E-state index in [2.05, 4.69) is 15.6 Å². The first-order valence-corrected chi connectivity index (χ1v) is 11.7. The molecular weight excluding hydrogens is 464 g/mol. The predicted octanol–water partition coefficient (Wildman–Crippen LogP) is 5.57. The Hall–Kier alpha value is -3.97. The number of halogens is 1. The van der Waals surface area contributed by atoms with Crippen molar-refractivity contribution in [1.29, 1.82) is 0 Å². The number of rotatable bonds is 6. The third kappa shape index (κ3) is 4.95. The number of aromatic nitrogens is 2. The molecule has 8 heteroatoms. The molecule has 0 aliphatic carbocycles. The molecule has 7 nitrogen and oxygen atoms in total. The second-order valence-corrected chi connectivity index (χ2v) is 8.63. The molecule has 1 aromatic heterocycles. The molecule has 0 aliphatic rings. The highest BCUT2D eigenvalue weighted by molar-refractivity contribution is 6.31. The van der Waals surface area contributed by atoms with Crippen LogP contribution in [0.25, 0.3) is 22.3 Å². The van der Waals surface area contributed by atoms with E-state index in [1.807, 2.05) is 19.1 Å². The molecule has 0 spiro atoms. The van der Waals surface area contributed by atoms with E-state index in [1.54, 1.807) is 68.4 Å². The lowest BCUT2D eigenvalue weighted by Crippen LogP contribution is -2.33. The van der Waals surface area contributed by atoms with Crippen LogP contribution in [-0.2, 0) is 9.59 Å². The van der Waals surface area contributed by atoms with E-state index >= 15 is 0 Å². The van der Waals surface area contributed by atoms with Gasteiger partial charge in [-0.25, -0.2) is 4.98 Å². The van der Waals surface area contributed by atoms with E-state index in [0.29, 0.717) is 39.4 Å². The molecular formula is C27H25ClN4O3. The van der Waals surface area contributed by atoms with Crippen LogP contribution in [0.5, 0.6) is 0 Å². The number of benzene rings is 3. The number of amides is 2. The summed E-state index contributed by atoms with van der Waals surface area (Å²) in [5.74, 6) is -0.546. The van der Waals surface area contributed by atoms with Gasteiger partial charge in [0.15, 0.2) is 0 Å². The summed E-state index contributed by atoms with van der Waals surface area (Å²) in [7, 11) is 0. The fraction of sp³-hybridized carbons (Fsp3) is 0.185. The minimum Gasteiger partial charge on any atom is -0.325 e. The molecule has 2 amide bonds. The number of nitrogens with zero attached hydrogens (tertiary/aromatic N) is 2. The Kier molecular flexibility index (Phi) is 6.98. The Morgan fingerprint density at radius 2 is 1.71 bits per heavy atom. The number of para-hydroxylation sites is 3. The van der Waals surface area contributed by atoms with Gasteiger partial charge in [-0.3, -0.25) is 19.0 Å². The fourth-order valence-electron chi connectivity index (χ4n) is 3.83. The summed E-state index contributed by atoms with van der Waals surface area (Å²) in [4.78, 5) is 43.8. The molecule has 0 unspecified atom stereocenters. The second kappa shape index (κ2) is 10.1. The lowest BCUT2D eigenvalue weighted by molar-refractivity contribution is -0.119. The number of hydrogen-bond acceptors (Lipinski definition) is 4. The zero-order valence-corrected chi connectivity index (χ0v) is 20.4. The van der Waals surface area contributed by atoms with Gasteiger partial charge in [0.05, 0.1) is 16.7 Å². The monoisotopic (exact) mass is 488 g/mol. The summed E-state index contributed by atoms with van der Waals surface area (Å²) in [5, 5.41) is 6.21. The molecule has 0 saturated carbocycles. The van der Waals surface area contributed by atoms with E-state index < -0.39 is 11.6 Å². The molecule has 3 aromatic carbocycles. The van der Waals surface area contributed by atoms with Gasteiger partial charge >= 0.3 is 0 Å². The Morgan fingerprint density at radius 1 is 1.00 bits per heavy atom. The number of nitrogens with one attached hydrogen (secondary N) is 2. The highest BCUT2D eigenvalue weighted by atomic mass is 35.5. The number of aryl methyl sites for hydroxylation is 1. The van der Waals surface area contributed by atoms with Crippen LogP contribution < -0.4 is 16.2 Å². The number of fused-ring (bicyclic) bond motifs is 1. The van der Waals surface area contributed by atoms with Crippen molar-refractivity contribution >= 4 is 45.8 Å². The van der Waals surface area contributed by atoms with Crippen LogP contribution in [0.2, 0.25) is 5.02 Å². The summed E-state index contributed by atoms with van der Waals surface area (Å²) in [5.41, 5.74) is 3.19. The van der Waals surface area contributed by atoms with E-state index in [0.717, 1.165) is 5.56 Å². The van der Waals surface area contributed by atoms with Gasteiger partial charge in [0.2, 0.25) is 11.8 Å². The maximum absolute atomic E-state index is 13.8. The van der Waals surface area contributed by atoms with E-state index in [1.165, 1.54) is 4.57 Å². The van der Waals surface area contributed by atoms with Crippen LogP contribution >= 0.6 is 11.6 Å². The third-order valence-electron chi connectivity index (χ3n) is 5.80. The molecule has 0 radical (unpaired) electrons. The van der Waals surface area contributed by atoms with Gasteiger partial charge in [-0.05, 0) is 49.7 Å². The lowest BCUT2D eigenvalue weighted by atomic mass is 10.1. The number of carbonyl (C=O) groups is 2. The van der Waals surface area contributed by atoms with E-state index in [9.17, 15) is 14.4 Å². The maximum Gasteiger partial charge on any atom is 0.278 e. The zero-order valence-electron chi connectivity index (χ0n) is 19.6. The first kappa shape index (κ1) is 24.2. The molecule has 2 N–H and O–H groups in total. The number of carbonyl (C=O) groups excluding carboxylic acids is 2. The van der Waals surface area contributed by atoms with Gasteiger partial charge in [-0.2, -0.15) is 0 Å². The highest BCUT2D eigenvalue weighted by Gasteiger charge is 2.23. The SMILES string of the molecule is CCC(=O)Nc1ccccc1-c1nc2ccccc2n([C@@H](C)C(=O)Nc2cc(Cl)ccc2C)c1=O. The molecule has 0 saturated heterocycles. The van der Waals surface area contributed by atoms with E-state index in [-0.39, 0.29) is 17.5 Å². The number of hydrogen-bond donors (Lipinski definition) is 2. The molecule has 4 rings (SSSR count). The Bertz CT molecular complexity index is 1500. The van der Waals surface area contributed by atoms with Crippen molar-refractivity contribution in [3.05, 3.63) is 87.7 Å². The average Bonchev–Trinajstić information content (AvgIpc) is 2.86.